The molecule has 1 N–H and O–H groups in total. The predicted octanol–water partition coefficient (Wildman–Crippen LogP) is 1.93. The molecule has 1 aromatic carbocycles. The number of carbonyl (C=O) groups excluding carboxylic acids is 1. The summed E-state index contributed by atoms with van der Waals surface area (Å²) in [5.41, 5.74) is 1.08. The van der Waals surface area contributed by atoms with Gasteiger partial charge in [-0.15, -0.1) is 16.4 Å². The van der Waals surface area contributed by atoms with Crippen LogP contribution in [0.3, 0.4) is 0 Å². The van der Waals surface area contributed by atoms with Gasteiger partial charge in [0, 0.05) is 6.54 Å². The maximum Gasteiger partial charge on any atom is 0.437 e. The Morgan fingerprint density at radius 2 is 2.12 bits per heavy atom. The number of carbonyl (C=O) groups is 1. The van der Waals surface area contributed by atoms with Gasteiger partial charge < -0.3 is 14.5 Å². The molecule has 1 amide bonds. The molecule has 3 aromatic rings. The number of rotatable bonds is 7. The van der Waals surface area contributed by atoms with Crippen molar-refractivity contribution in [3.63, 3.8) is 0 Å². The number of amides is 1. The second kappa shape index (κ2) is 7.80. The molecular formula is C17H17N3O4S. The van der Waals surface area contributed by atoms with E-state index in [9.17, 15) is 9.59 Å². The lowest BCUT2D eigenvalue weighted by Gasteiger charge is -2.05. The number of ether oxygens (including phenoxy) is 1. The van der Waals surface area contributed by atoms with E-state index >= 15 is 0 Å². The maximum atomic E-state index is 12.0. The van der Waals surface area contributed by atoms with Gasteiger partial charge >= 0.3 is 5.76 Å². The van der Waals surface area contributed by atoms with Crippen LogP contribution < -0.4 is 15.8 Å². The molecule has 0 aliphatic carbocycles. The van der Waals surface area contributed by atoms with Gasteiger partial charge in [-0.2, -0.15) is 4.68 Å². The summed E-state index contributed by atoms with van der Waals surface area (Å²) >= 11 is 1.41. The zero-order valence-electron chi connectivity index (χ0n) is 13.6. The molecular weight excluding hydrogens is 342 g/mol. The molecule has 3 rings (SSSR count). The smallest absolute Gasteiger partial charge is 0.437 e. The number of aromatic nitrogens is 2. The van der Waals surface area contributed by atoms with Crippen LogP contribution in [-0.4, -0.2) is 29.3 Å². The fourth-order valence-electron chi connectivity index (χ4n) is 2.24. The zero-order valence-corrected chi connectivity index (χ0v) is 14.4. The molecule has 25 heavy (non-hydrogen) atoms. The van der Waals surface area contributed by atoms with E-state index in [0.29, 0.717) is 13.0 Å². The van der Waals surface area contributed by atoms with E-state index in [-0.39, 0.29) is 18.3 Å². The van der Waals surface area contributed by atoms with E-state index < -0.39 is 5.76 Å². The Kier molecular flexibility index (Phi) is 5.30. The number of methoxy groups -OCH3 is 1. The van der Waals surface area contributed by atoms with Gasteiger partial charge in [-0.05, 0) is 35.6 Å². The van der Waals surface area contributed by atoms with E-state index in [1.54, 1.807) is 13.2 Å². The second-order valence-corrected chi connectivity index (χ2v) is 6.20. The Labute approximate surface area is 147 Å². The monoisotopic (exact) mass is 359 g/mol. The normalized spacial score (nSPS) is 10.6. The van der Waals surface area contributed by atoms with Gasteiger partial charge in [0.05, 0.1) is 12.0 Å². The predicted molar refractivity (Wildman–Crippen MR) is 93.8 cm³/mol. The highest BCUT2D eigenvalue weighted by molar-refractivity contribution is 7.13. The third-order valence-corrected chi connectivity index (χ3v) is 4.38. The Balaban J connectivity index is 1.51. The van der Waals surface area contributed by atoms with E-state index in [0.717, 1.165) is 20.9 Å². The summed E-state index contributed by atoms with van der Waals surface area (Å²) in [4.78, 5) is 24.5. The van der Waals surface area contributed by atoms with E-state index in [1.807, 2.05) is 35.7 Å². The van der Waals surface area contributed by atoms with Crippen molar-refractivity contribution in [2.45, 2.75) is 13.0 Å². The largest absolute Gasteiger partial charge is 0.497 e. The highest BCUT2D eigenvalue weighted by atomic mass is 32.1. The Morgan fingerprint density at radius 1 is 1.32 bits per heavy atom. The third-order valence-electron chi connectivity index (χ3n) is 3.53. The van der Waals surface area contributed by atoms with Crippen molar-refractivity contribution in [3.8, 4) is 16.5 Å². The topological polar surface area (TPSA) is 86.4 Å². The molecule has 0 unspecified atom stereocenters. The quantitative estimate of drug-likeness (QED) is 0.697. The fraction of sp³-hybridized carbons (Fsp3) is 0.235. The second-order valence-electron chi connectivity index (χ2n) is 5.26. The molecule has 0 bridgehead atoms. The first-order chi connectivity index (χ1) is 12.2. The summed E-state index contributed by atoms with van der Waals surface area (Å²) in [6, 6.07) is 11.3. The standard InChI is InChI=1S/C17H17N3O4S/c1-23-13-6-4-12(5-7-13)8-9-18-15(21)11-20-17(22)24-16(19-20)14-3-2-10-25-14/h2-7,10H,8-9,11H2,1H3,(H,18,21). The summed E-state index contributed by atoms with van der Waals surface area (Å²) in [6.45, 7) is 0.297. The summed E-state index contributed by atoms with van der Waals surface area (Å²) < 4.78 is 11.2. The van der Waals surface area contributed by atoms with Crippen LogP contribution in [0.1, 0.15) is 5.56 Å². The van der Waals surface area contributed by atoms with Gasteiger partial charge in [0.15, 0.2) is 0 Å². The summed E-state index contributed by atoms with van der Waals surface area (Å²) in [6.07, 6.45) is 0.684. The molecule has 2 aromatic heterocycles. The van der Waals surface area contributed by atoms with Crippen molar-refractivity contribution < 1.29 is 13.9 Å². The molecule has 130 valence electrons. The summed E-state index contributed by atoms with van der Waals surface area (Å²) in [5, 5.41) is 8.68. The van der Waals surface area contributed by atoms with Crippen LogP contribution in [0.15, 0.2) is 51.0 Å². The number of hydrogen-bond acceptors (Lipinski definition) is 6. The highest BCUT2D eigenvalue weighted by Crippen LogP contribution is 2.20. The first kappa shape index (κ1) is 17.0. The zero-order chi connectivity index (χ0) is 17.6. The van der Waals surface area contributed by atoms with Gasteiger partial charge in [-0.3, -0.25) is 4.79 Å². The number of benzene rings is 1. The molecule has 0 saturated carbocycles. The van der Waals surface area contributed by atoms with Crippen molar-refractivity contribution in [1.29, 1.82) is 0 Å². The Morgan fingerprint density at radius 3 is 2.80 bits per heavy atom. The lowest BCUT2D eigenvalue weighted by molar-refractivity contribution is -0.121. The highest BCUT2D eigenvalue weighted by Gasteiger charge is 2.13. The molecule has 0 aliphatic rings. The lowest BCUT2D eigenvalue weighted by Crippen LogP contribution is -2.32. The minimum atomic E-state index is -0.645. The minimum absolute atomic E-state index is 0.170. The fourth-order valence-corrected chi connectivity index (χ4v) is 2.88. The molecule has 2 heterocycles. The van der Waals surface area contributed by atoms with Crippen LogP contribution in [0, 0.1) is 0 Å². The maximum absolute atomic E-state index is 12.0. The Bertz CT molecular complexity index is 882. The van der Waals surface area contributed by atoms with Crippen molar-refractivity contribution in [2.24, 2.45) is 0 Å². The minimum Gasteiger partial charge on any atom is -0.497 e. The molecule has 0 fully saturated rings. The number of hydrogen-bond donors (Lipinski definition) is 1. The number of thiophene rings is 1. The van der Waals surface area contributed by atoms with E-state index in [1.165, 1.54) is 11.3 Å². The van der Waals surface area contributed by atoms with Crippen LogP contribution in [0.2, 0.25) is 0 Å². The molecule has 8 heteroatoms. The summed E-state index contributed by atoms with van der Waals surface area (Å²) in [7, 11) is 1.62. The molecule has 0 saturated heterocycles. The van der Waals surface area contributed by atoms with Crippen LogP contribution in [0.5, 0.6) is 5.75 Å². The van der Waals surface area contributed by atoms with Gasteiger partial charge in [0.25, 0.3) is 5.89 Å². The summed E-state index contributed by atoms with van der Waals surface area (Å²) in [5.74, 6) is 0.0844. The van der Waals surface area contributed by atoms with Gasteiger partial charge in [-0.25, -0.2) is 4.79 Å². The van der Waals surface area contributed by atoms with Crippen LogP contribution in [-0.2, 0) is 17.8 Å². The molecule has 7 nitrogen and oxygen atoms in total. The van der Waals surface area contributed by atoms with Crippen molar-refractivity contribution >= 4 is 17.2 Å². The van der Waals surface area contributed by atoms with E-state index in [2.05, 4.69) is 10.4 Å². The van der Waals surface area contributed by atoms with Crippen molar-refractivity contribution in [2.75, 3.05) is 13.7 Å². The SMILES string of the molecule is COc1ccc(CCNC(=O)Cn2nc(-c3cccs3)oc2=O)cc1. The average Bonchev–Trinajstić information content (AvgIpc) is 3.26. The van der Waals surface area contributed by atoms with Crippen molar-refractivity contribution in [3.05, 3.63) is 57.9 Å². The van der Waals surface area contributed by atoms with Crippen LogP contribution >= 0.6 is 11.3 Å². The van der Waals surface area contributed by atoms with E-state index in [4.69, 9.17) is 9.15 Å². The first-order valence-electron chi connectivity index (χ1n) is 7.67. The average molecular weight is 359 g/mol. The number of nitrogens with one attached hydrogen (secondary N) is 1. The Hall–Kier alpha value is -2.87. The van der Waals surface area contributed by atoms with Gasteiger partial charge in [0.2, 0.25) is 5.91 Å². The lowest BCUT2D eigenvalue weighted by atomic mass is 10.1. The van der Waals surface area contributed by atoms with Gasteiger partial charge in [-0.1, -0.05) is 18.2 Å². The first-order valence-corrected chi connectivity index (χ1v) is 8.55. The molecule has 0 spiro atoms. The van der Waals surface area contributed by atoms with Crippen molar-refractivity contribution in [1.82, 2.24) is 15.1 Å². The number of nitrogens with zero attached hydrogens (tertiary/aromatic N) is 2. The van der Waals surface area contributed by atoms with Crippen LogP contribution in [0.25, 0.3) is 10.8 Å². The molecule has 0 aliphatic heterocycles. The third kappa shape index (κ3) is 4.36. The molecule has 0 atom stereocenters. The molecule has 0 radical (unpaired) electrons. The van der Waals surface area contributed by atoms with Crippen LogP contribution in [0.4, 0.5) is 0 Å². The van der Waals surface area contributed by atoms with Gasteiger partial charge in [0.1, 0.15) is 12.3 Å².